The van der Waals surface area contributed by atoms with Crippen molar-refractivity contribution in [1.82, 2.24) is 9.80 Å². The largest absolute Gasteiger partial charge is 0.496 e. The van der Waals surface area contributed by atoms with Crippen molar-refractivity contribution in [3.05, 3.63) is 22.7 Å². The van der Waals surface area contributed by atoms with Gasteiger partial charge in [0.25, 0.3) is 5.91 Å². The quantitative estimate of drug-likeness (QED) is 0.749. The van der Waals surface area contributed by atoms with Crippen molar-refractivity contribution in [2.45, 2.75) is 0 Å². The molecular formula is C15H22ClN3O4. The van der Waals surface area contributed by atoms with Gasteiger partial charge in [-0.25, -0.2) is 0 Å². The fourth-order valence-electron chi connectivity index (χ4n) is 1.83. The van der Waals surface area contributed by atoms with E-state index >= 15 is 0 Å². The van der Waals surface area contributed by atoms with Gasteiger partial charge in [-0.15, -0.1) is 0 Å². The number of amides is 2. The maximum absolute atomic E-state index is 12.8. The average molecular weight is 344 g/mol. The third-order valence-corrected chi connectivity index (χ3v) is 3.55. The molecule has 2 amide bonds. The standard InChI is InChI=1S/C15H22ClN3O4/c1-18(2)14(20)9-19(5-6-22-3)15(21)10-7-11(16)12(17)8-13(10)23-4/h7-8H,5-6,9,17H2,1-4H3. The van der Waals surface area contributed by atoms with Crippen LogP contribution in [-0.2, 0) is 9.53 Å². The van der Waals surface area contributed by atoms with Gasteiger partial charge in [0.1, 0.15) is 12.3 Å². The van der Waals surface area contributed by atoms with Crippen molar-refractivity contribution < 1.29 is 19.1 Å². The molecule has 0 aliphatic heterocycles. The molecule has 7 nitrogen and oxygen atoms in total. The van der Waals surface area contributed by atoms with Gasteiger partial charge in [0.2, 0.25) is 5.91 Å². The van der Waals surface area contributed by atoms with Crippen LogP contribution in [0.1, 0.15) is 10.4 Å². The average Bonchev–Trinajstić information content (AvgIpc) is 2.52. The molecule has 0 unspecified atom stereocenters. The van der Waals surface area contributed by atoms with E-state index < -0.39 is 0 Å². The molecule has 0 fully saturated rings. The number of likely N-dealkylation sites (N-methyl/N-ethyl adjacent to an activating group) is 1. The van der Waals surface area contributed by atoms with Crippen LogP contribution in [0.3, 0.4) is 0 Å². The van der Waals surface area contributed by atoms with Crippen molar-refractivity contribution in [2.75, 3.05) is 53.7 Å². The Labute approximate surface area is 140 Å². The first-order chi connectivity index (χ1) is 10.8. The fraction of sp³-hybridized carbons (Fsp3) is 0.467. The monoisotopic (exact) mass is 343 g/mol. The summed E-state index contributed by atoms with van der Waals surface area (Å²) in [6.07, 6.45) is 0. The van der Waals surface area contributed by atoms with Crippen LogP contribution in [0.25, 0.3) is 0 Å². The molecule has 1 rings (SSSR count). The third kappa shape index (κ3) is 5.01. The maximum atomic E-state index is 12.8. The number of methoxy groups -OCH3 is 2. The van der Waals surface area contributed by atoms with E-state index in [0.29, 0.717) is 18.0 Å². The molecule has 1 aromatic rings. The van der Waals surface area contributed by atoms with Gasteiger partial charge in [-0.05, 0) is 6.07 Å². The number of benzene rings is 1. The molecule has 2 N–H and O–H groups in total. The van der Waals surface area contributed by atoms with E-state index in [1.165, 1.54) is 36.2 Å². The molecule has 1 aromatic carbocycles. The molecule has 0 bridgehead atoms. The SMILES string of the molecule is COCCN(CC(=O)N(C)C)C(=O)c1cc(Cl)c(N)cc1OC. The number of ether oxygens (including phenoxy) is 2. The summed E-state index contributed by atoms with van der Waals surface area (Å²) >= 11 is 6.00. The molecule has 0 aliphatic rings. The van der Waals surface area contributed by atoms with Gasteiger partial charge in [-0.2, -0.15) is 0 Å². The third-order valence-electron chi connectivity index (χ3n) is 3.23. The van der Waals surface area contributed by atoms with Gasteiger partial charge in [0.15, 0.2) is 0 Å². The molecule has 0 atom stereocenters. The van der Waals surface area contributed by atoms with Crippen molar-refractivity contribution in [3.63, 3.8) is 0 Å². The predicted octanol–water partition coefficient (Wildman–Crippen LogP) is 1.11. The van der Waals surface area contributed by atoms with E-state index in [4.69, 9.17) is 26.8 Å². The Hall–Kier alpha value is -1.99. The van der Waals surface area contributed by atoms with Crippen LogP contribution < -0.4 is 10.5 Å². The van der Waals surface area contributed by atoms with E-state index in [9.17, 15) is 9.59 Å². The topological polar surface area (TPSA) is 85.1 Å². The smallest absolute Gasteiger partial charge is 0.258 e. The number of hydrogen-bond donors (Lipinski definition) is 1. The first-order valence-corrected chi connectivity index (χ1v) is 7.31. The second-order valence-electron chi connectivity index (χ2n) is 5.08. The number of carbonyl (C=O) groups is 2. The lowest BCUT2D eigenvalue weighted by Crippen LogP contribution is -2.42. The fourth-order valence-corrected chi connectivity index (χ4v) is 2.00. The second kappa shape index (κ2) is 8.59. The summed E-state index contributed by atoms with van der Waals surface area (Å²) in [6, 6.07) is 2.93. The predicted molar refractivity (Wildman–Crippen MR) is 88.9 cm³/mol. The maximum Gasteiger partial charge on any atom is 0.258 e. The molecule has 0 radical (unpaired) electrons. The lowest BCUT2D eigenvalue weighted by molar-refractivity contribution is -0.129. The van der Waals surface area contributed by atoms with Crippen LogP contribution in [0.2, 0.25) is 5.02 Å². The van der Waals surface area contributed by atoms with E-state index in [0.717, 1.165) is 0 Å². The number of rotatable bonds is 7. The summed E-state index contributed by atoms with van der Waals surface area (Å²) in [5.74, 6) is -0.275. The zero-order valence-electron chi connectivity index (χ0n) is 13.8. The van der Waals surface area contributed by atoms with Crippen LogP contribution >= 0.6 is 11.6 Å². The van der Waals surface area contributed by atoms with Crippen LogP contribution in [0.4, 0.5) is 5.69 Å². The highest BCUT2D eigenvalue weighted by molar-refractivity contribution is 6.33. The Balaban J connectivity index is 3.13. The van der Waals surface area contributed by atoms with Crippen molar-refractivity contribution in [3.8, 4) is 5.75 Å². The van der Waals surface area contributed by atoms with E-state index in [1.807, 2.05) is 0 Å². The Bertz CT molecular complexity index is 578. The molecule has 0 aromatic heterocycles. The van der Waals surface area contributed by atoms with E-state index in [1.54, 1.807) is 14.1 Å². The molecule has 8 heteroatoms. The van der Waals surface area contributed by atoms with Gasteiger partial charge in [0.05, 0.1) is 30.0 Å². The minimum absolute atomic E-state index is 0.0691. The van der Waals surface area contributed by atoms with E-state index in [-0.39, 0.29) is 35.5 Å². The lowest BCUT2D eigenvalue weighted by atomic mass is 10.1. The van der Waals surface area contributed by atoms with Crippen LogP contribution in [-0.4, -0.2) is 69.6 Å². The molecular weight excluding hydrogens is 322 g/mol. The molecule has 0 spiro atoms. The number of nitrogen functional groups attached to an aromatic ring is 1. The number of anilines is 1. The minimum Gasteiger partial charge on any atom is -0.496 e. The molecule has 128 valence electrons. The molecule has 0 aliphatic carbocycles. The van der Waals surface area contributed by atoms with Crippen LogP contribution in [0.5, 0.6) is 5.75 Å². The Morgan fingerprint density at radius 3 is 2.43 bits per heavy atom. The van der Waals surface area contributed by atoms with Crippen LogP contribution in [0.15, 0.2) is 12.1 Å². The van der Waals surface area contributed by atoms with E-state index in [2.05, 4.69) is 0 Å². The zero-order chi connectivity index (χ0) is 17.6. The normalized spacial score (nSPS) is 10.3. The number of carbonyl (C=O) groups excluding carboxylic acids is 2. The second-order valence-corrected chi connectivity index (χ2v) is 5.49. The first-order valence-electron chi connectivity index (χ1n) is 6.93. The van der Waals surface area contributed by atoms with Crippen molar-refractivity contribution >= 4 is 29.1 Å². The number of nitrogens with zero attached hydrogens (tertiary/aromatic N) is 2. The Morgan fingerprint density at radius 2 is 1.91 bits per heavy atom. The summed E-state index contributed by atoms with van der Waals surface area (Å²) in [7, 11) is 6.21. The molecule has 0 saturated carbocycles. The van der Waals surface area contributed by atoms with Gasteiger partial charge < -0.3 is 25.0 Å². The highest BCUT2D eigenvalue weighted by Gasteiger charge is 2.23. The Morgan fingerprint density at radius 1 is 1.26 bits per heavy atom. The van der Waals surface area contributed by atoms with Gasteiger partial charge in [-0.1, -0.05) is 11.6 Å². The van der Waals surface area contributed by atoms with Gasteiger partial charge in [-0.3, -0.25) is 9.59 Å². The summed E-state index contributed by atoms with van der Waals surface area (Å²) in [5, 5.41) is 0.250. The summed E-state index contributed by atoms with van der Waals surface area (Å²) < 4.78 is 10.2. The van der Waals surface area contributed by atoms with Gasteiger partial charge >= 0.3 is 0 Å². The molecule has 23 heavy (non-hydrogen) atoms. The summed E-state index contributed by atoms with van der Waals surface area (Å²) in [5.41, 5.74) is 6.28. The number of nitrogens with two attached hydrogens (primary N) is 1. The Kier molecular flexibility index (Phi) is 7.12. The highest BCUT2D eigenvalue weighted by Crippen LogP contribution is 2.29. The zero-order valence-corrected chi connectivity index (χ0v) is 14.5. The first kappa shape index (κ1) is 19.1. The van der Waals surface area contributed by atoms with Gasteiger partial charge in [0, 0.05) is 33.8 Å². The lowest BCUT2D eigenvalue weighted by Gasteiger charge is -2.24. The summed E-state index contributed by atoms with van der Waals surface area (Å²) in [6.45, 7) is 0.498. The molecule has 0 heterocycles. The number of hydrogen-bond acceptors (Lipinski definition) is 5. The number of halogens is 1. The minimum atomic E-state index is -0.379. The van der Waals surface area contributed by atoms with Crippen molar-refractivity contribution in [1.29, 1.82) is 0 Å². The molecule has 0 saturated heterocycles. The van der Waals surface area contributed by atoms with Crippen molar-refractivity contribution in [2.24, 2.45) is 0 Å². The summed E-state index contributed by atoms with van der Waals surface area (Å²) in [4.78, 5) is 27.5. The van der Waals surface area contributed by atoms with Crippen LogP contribution in [0, 0.1) is 0 Å². The highest BCUT2D eigenvalue weighted by atomic mass is 35.5.